The van der Waals surface area contributed by atoms with Crippen LogP contribution in [0.1, 0.15) is 29.2 Å². The van der Waals surface area contributed by atoms with E-state index in [4.69, 9.17) is 17.0 Å². The zero-order chi connectivity index (χ0) is 29.4. The van der Waals surface area contributed by atoms with E-state index >= 15 is 4.39 Å². The number of nitrogens with one attached hydrogen (secondary N) is 2. The van der Waals surface area contributed by atoms with Gasteiger partial charge in [0.05, 0.1) is 22.6 Å². The van der Waals surface area contributed by atoms with Crippen LogP contribution in [0.25, 0.3) is 10.9 Å². The summed E-state index contributed by atoms with van der Waals surface area (Å²) >= 11 is 7.20. The van der Waals surface area contributed by atoms with E-state index in [0.717, 1.165) is 12.8 Å². The van der Waals surface area contributed by atoms with Gasteiger partial charge in [0.2, 0.25) is 5.43 Å². The second-order valence-electron chi connectivity index (χ2n) is 10.6. The first-order chi connectivity index (χ1) is 20.3. The van der Waals surface area contributed by atoms with Gasteiger partial charge in [0, 0.05) is 79.9 Å². The maximum atomic E-state index is 15.3. The molecular formula is C29H30FN5NaO5S2. The number of aromatic carboxylic acids is 1. The maximum absolute atomic E-state index is 15.3. The number of carboxylic acid groups (broad SMARTS) is 1. The topological polar surface area (TPSA) is 116 Å². The molecule has 14 heteroatoms. The Labute approximate surface area is 279 Å². The fourth-order valence-corrected chi connectivity index (χ4v) is 6.77. The van der Waals surface area contributed by atoms with Crippen molar-refractivity contribution in [3.05, 3.63) is 70.3 Å². The predicted octanol–water partition coefficient (Wildman–Crippen LogP) is 2.43. The minimum atomic E-state index is -1.31. The van der Waals surface area contributed by atoms with Crippen molar-refractivity contribution in [1.82, 2.24) is 20.1 Å². The van der Waals surface area contributed by atoms with Gasteiger partial charge in [0.25, 0.3) is 5.91 Å². The van der Waals surface area contributed by atoms with E-state index in [1.807, 2.05) is 23.1 Å². The molecule has 221 valence electrons. The summed E-state index contributed by atoms with van der Waals surface area (Å²) in [5.74, 6) is -1.42. The molecule has 1 saturated carbocycles. The molecule has 1 radical (unpaired) electrons. The Morgan fingerprint density at radius 1 is 1.14 bits per heavy atom. The molecule has 2 saturated heterocycles. The van der Waals surface area contributed by atoms with E-state index in [0.29, 0.717) is 54.0 Å². The number of carbonyl (C=O) groups excluding carboxylic acids is 1. The van der Waals surface area contributed by atoms with E-state index in [2.05, 4.69) is 15.5 Å². The van der Waals surface area contributed by atoms with Crippen LogP contribution in [0, 0.1) is 5.82 Å². The van der Waals surface area contributed by atoms with Crippen LogP contribution in [0.2, 0.25) is 0 Å². The number of carbonyl (C=O) groups is 2. The van der Waals surface area contributed by atoms with E-state index in [1.54, 1.807) is 22.8 Å². The number of aromatic nitrogens is 1. The molecule has 6 rings (SSSR count). The van der Waals surface area contributed by atoms with Crippen molar-refractivity contribution in [2.75, 3.05) is 44.2 Å². The van der Waals surface area contributed by atoms with E-state index in [9.17, 15) is 19.5 Å². The number of halogens is 1. The zero-order valence-electron chi connectivity index (χ0n) is 23.6. The number of carboxylic acids is 1. The van der Waals surface area contributed by atoms with Crippen molar-refractivity contribution in [3.63, 3.8) is 0 Å². The van der Waals surface area contributed by atoms with Crippen LogP contribution in [0.5, 0.6) is 5.75 Å². The Kier molecular flexibility index (Phi) is 9.99. The molecule has 0 bridgehead atoms. The monoisotopic (exact) mass is 634 g/mol. The van der Waals surface area contributed by atoms with Crippen LogP contribution in [0.15, 0.2) is 53.5 Å². The van der Waals surface area contributed by atoms with Crippen LogP contribution in [0.4, 0.5) is 10.1 Å². The van der Waals surface area contributed by atoms with Crippen LogP contribution in [-0.2, 0) is 4.79 Å². The summed E-state index contributed by atoms with van der Waals surface area (Å²) in [6, 6.07) is 12.1. The summed E-state index contributed by atoms with van der Waals surface area (Å²) < 4.78 is 23.3. The van der Waals surface area contributed by atoms with E-state index in [-0.39, 0.29) is 70.5 Å². The first kappa shape index (κ1) is 31.7. The Balaban J connectivity index is 0.00000368. The number of thiocarbonyl (C=S) groups is 1. The number of rotatable bonds is 8. The normalized spacial score (nSPS) is 19.7. The smallest absolute Gasteiger partial charge is 0.341 e. The largest absolute Gasteiger partial charge is 0.484 e. The number of thioether (sulfide) groups is 1. The van der Waals surface area contributed by atoms with Gasteiger partial charge in [-0.05, 0) is 37.1 Å². The number of amides is 1. The number of nitrogens with zero attached hydrogens (tertiary/aromatic N) is 3. The third-order valence-electron chi connectivity index (χ3n) is 7.74. The van der Waals surface area contributed by atoms with Crippen LogP contribution in [0.3, 0.4) is 0 Å². The Morgan fingerprint density at radius 3 is 2.49 bits per heavy atom. The molecule has 1 amide bonds. The third kappa shape index (κ3) is 7.02. The van der Waals surface area contributed by atoms with Crippen molar-refractivity contribution in [3.8, 4) is 5.75 Å². The zero-order valence-corrected chi connectivity index (χ0v) is 27.3. The second kappa shape index (κ2) is 13.5. The van der Waals surface area contributed by atoms with Gasteiger partial charge in [-0.15, -0.1) is 0 Å². The average Bonchev–Trinajstić information content (AvgIpc) is 3.83. The van der Waals surface area contributed by atoms with Crippen molar-refractivity contribution in [2.45, 2.75) is 30.3 Å². The summed E-state index contributed by atoms with van der Waals surface area (Å²) in [4.78, 5) is 40.8. The van der Waals surface area contributed by atoms with Crippen LogP contribution >= 0.6 is 24.0 Å². The number of fused-ring (bicyclic) bond motifs is 1. The van der Waals surface area contributed by atoms with Gasteiger partial charge in [-0.25, -0.2) is 9.18 Å². The number of hydrogen-bond donors (Lipinski definition) is 3. The van der Waals surface area contributed by atoms with Gasteiger partial charge in [-0.1, -0.05) is 42.2 Å². The SMILES string of the molecule is O=C(COc1ccccc1)N[C@@H]1CN[C@H]1SC(=S)N1CCN(c2cc3c(cc2F)c(=O)c(C(=O)O)cn3C2CC2)CC1.[Na]. The number of anilines is 1. The van der Waals surface area contributed by atoms with Gasteiger partial charge in [0.1, 0.15) is 21.5 Å². The van der Waals surface area contributed by atoms with Gasteiger partial charge in [-0.3, -0.25) is 9.59 Å². The number of para-hydroxylation sites is 1. The number of ether oxygens (including phenoxy) is 1. The molecule has 3 N–H and O–H groups in total. The van der Waals surface area contributed by atoms with Crippen LogP contribution in [-0.4, -0.2) is 111 Å². The average molecular weight is 635 g/mol. The molecule has 1 aliphatic carbocycles. The summed E-state index contributed by atoms with van der Waals surface area (Å²) in [5.41, 5.74) is -0.0752. The number of hydrogen-bond acceptors (Lipinski definition) is 8. The molecule has 3 fully saturated rings. The standard InChI is InChI=1S/C29H30FN5O5S2.Na/c30-21-12-19-23(35(17-6-7-17)15-20(26(19)37)28(38)39)13-24(21)33-8-10-34(11-9-33)29(41)42-27-22(14-31-27)32-25(36)16-40-18-4-2-1-3-5-18;/h1-5,12-13,15,17,22,27,31H,6-11,14,16H2,(H,32,36)(H,38,39);/t22-,27+;/m1./s1. The van der Waals surface area contributed by atoms with E-state index < -0.39 is 17.2 Å². The molecule has 1 aromatic heterocycles. The van der Waals surface area contributed by atoms with Gasteiger partial charge in [-0.2, -0.15) is 0 Å². The van der Waals surface area contributed by atoms with Crippen molar-refractivity contribution >= 4 is 86.3 Å². The summed E-state index contributed by atoms with van der Waals surface area (Å²) in [7, 11) is 0. The minimum absolute atomic E-state index is 0. The third-order valence-corrected chi connectivity index (χ3v) is 9.50. The quantitative estimate of drug-likeness (QED) is 0.252. The van der Waals surface area contributed by atoms with Crippen molar-refractivity contribution < 1.29 is 23.8 Å². The van der Waals surface area contributed by atoms with Crippen molar-refractivity contribution in [2.24, 2.45) is 0 Å². The number of piperazine rings is 1. The fraction of sp³-hybridized carbons (Fsp3) is 0.379. The molecule has 2 aromatic carbocycles. The molecular weight excluding hydrogens is 604 g/mol. The second-order valence-corrected chi connectivity index (χ2v) is 12.4. The molecule has 3 heterocycles. The Hall–Kier alpha value is -2.68. The molecule has 0 unspecified atom stereocenters. The Bertz CT molecular complexity index is 1600. The van der Waals surface area contributed by atoms with Gasteiger partial charge >= 0.3 is 5.97 Å². The predicted molar refractivity (Wildman–Crippen MR) is 169 cm³/mol. The molecule has 10 nitrogen and oxygen atoms in total. The van der Waals surface area contributed by atoms with Crippen molar-refractivity contribution in [1.29, 1.82) is 0 Å². The molecule has 3 aromatic rings. The first-order valence-electron chi connectivity index (χ1n) is 13.8. The summed E-state index contributed by atoms with van der Waals surface area (Å²) in [6.07, 6.45) is 3.17. The van der Waals surface area contributed by atoms with E-state index in [1.165, 1.54) is 24.0 Å². The number of benzene rings is 2. The number of pyridine rings is 1. The van der Waals surface area contributed by atoms with Gasteiger partial charge in [0.15, 0.2) is 6.61 Å². The minimum Gasteiger partial charge on any atom is -0.484 e. The van der Waals surface area contributed by atoms with Gasteiger partial charge < -0.3 is 34.8 Å². The molecule has 3 aliphatic rings. The summed E-state index contributed by atoms with van der Waals surface area (Å²) in [6.45, 7) is 2.81. The Morgan fingerprint density at radius 2 is 1.86 bits per heavy atom. The fourth-order valence-electron chi connectivity index (χ4n) is 5.22. The molecule has 2 atom stereocenters. The summed E-state index contributed by atoms with van der Waals surface area (Å²) in [5, 5.41) is 15.8. The van der Waals surface area contributed by atoms with Crippen LogP contribution < -0.4 is 25.7 Å². The first-order valence-corrected chi connectivity index (χ1v) is 15.1. The molecule has 2 aliphatic heterocycles. The molecule has 43 heavy (non-hydrogen) atoms. The maximum Gasteiger partial charge on any atom is 0.341 e. The molecule has 0 spiro atoms.